The average Bonchev–Trinajstić information content (AvgIpc) is 2.89. The van der Waals surface area contributed by atoms with Crippen LogP contribution in [0, 0.1) is 23.2 Å². The van der Waals surface area contributed by atoms with E-state index in [2.05, 4.69) is 11.0 Å². The largest absolute Gasteiger partial charge is 0.493 e. The molecular weight excluding hydrogens is 454 g/mol. The standard InChI is InChI=1S/C30H37NO5/c1-33-25-6-4-5-7-26(25)36-18-24-23-14-28(35-3)27(34-2)13-22(23)8-9-31(24)29(32)30-15-19-10-20(16-30)12-21(11-19)17-30/h4-7,13-14,19-21,24H,8-12,15-18H2,1-3H3/t19?,20?,21?,24-,30?/m0/s1. The molecule has 6 heteroatoms. The molecule has 0 radical (unpaired) electrons. The van der Waals surface area contributed by atoms with Gasteiger partial charge >= 0.3 is 0 Å². The second-order valence-corrected chi connectivity index (χ2v) is 11.3. The van der Waals surface area contributed by atoms with Gasteiger partial charge in [0.25, 0.3) is 0 Å². The number of fused-ring (bicyclic) bond motifs is 1. The van der Waals surface area contributed by atoms with Gasteiger partial charge in [0.05, 0.1) is 32.8 Å². The van der Waals surface area contributed by atoms with Crippen LogP contribution in [0.5, 0.6) is 23.0 Å². The third-order valence-corrected chi connectivity index (χ3v) is 9.22. The zero-order chi connectivity index (χ0) is 24.9. The predicted octanol–water partition coefficient (Wildman–Crippen LogP) is 5.43. The lowest BCUT2D eigenvalue weighted by molar-refractivity contribution is -0.161. The molecule has 4 fully saturated rings. The zero-order valence-corrected chi connectivity index (χ0v) is 21.6. The van der Waals surface area contributed by atoms with E-state index in [-0.39, 0.29) is 11.5 Å². The topological polar surface area (TPSA) is 57.2 Å². The van der Waals surface area contributed by atoms with Crippen LogP contribution in [0.25, 0.3) is 0 Å². The first-order valence-corrected chi connectivity index (χ1v) is 13.3. The van der Waals surface area contributed by atoms with Crippen LogP contribution in [0.15, 0.2) is 36.4 Å². The SMILES string of the molecule is COc1cc2c(cc1OC)[C@H](COc1ccccc1OC)N(C(=O)C13CC4CC(CC(C4)C1)C3)CC2. The molecule has 1 aliphatic heterocycles. The van der Waals surface area contributed by atoms with Crippen molar-refractivity contribution in [3.63, 3.8) is 0 Å². The van der Waals surface area contributed by atoms with Crippen LogP contribution in [0.3, 0.4) is 0 Å². The lowest BCUT2D eigenvalue weighted by Crippen LogP contribution is -2.56. The Hall–Kier alpha value is -2.89. The number of rotatable bonds is 7. The Balaban J connectivity index is 1.35. The highest BCUT2D eigenvalue weighted by Crippen LogP contribution is 2.61. The fourth-order valence-electron chi connectivity index (χ4n) is 8.03. The molecule has 4 bridgehead atoms. The monoisotopic (exact) mass is 491 g/mol. The fraction of sp³-hybridized carbons (Fsp3) is 0.567. The molecule has 0 spiro atoms. The first-order valence-electron chi connectivity index (χ1n) is 13.3. The van der Waals surface area contributed by atoms with E-state index < -0.39 is 0 Å². The molecule has 0 aromatic heterocycles. The summed E-state index contributed by atoms with van der Waals surface area (Å²) in [6, 6.07) is 11.6. The molecule has 4 aliphatic carbocycles. The summed E-state index contributed by atoms with van der Waals surface area (Å²) >= 11 is 0. The van der Waals surface area contributed by atoms with Crippen LogP contribution in [0.2, 0.25) is 0 Å². The van der Waals surface area contributed by atoms with Crippen LogP contribution in [-0.4, -0.2) is 45.3 Å². The number of hydrogen-bond donors (Lipinski definition) is 0. The van der Waals surface area contributed by atoms with Gasteiger partial charge in [-0.2, -0.15) is 0 Å². The van der Waals surface area contributed by atoms with Gasteiger partial charge in [0.1, 0.15) is 6.61 Å². The van der Waals surface area contributed by atoms with Gasteiger partial charge in [-0.3, -0.25) is 4.79 Å². The van der Waals surface area contributed by atoms with Crippen molar-refractivity contribution in [2.24, 2.45) is 23.2 Å². The minimum atomic E-state index is -0.195. The molecule has 1 amide bonds. The second kappa shape index (κ2) is 9.20. The molecule has 1 heterocycles. The molecule has 0 saturated heterocycles. The van der Waals surface area contributed by atoms with Crippen LogP contribution in [0.4, 0.5) is 0 Å². The molecule has 6 nitrogen and oxygen atoms in total. The Bertz CT molecular complexity index is 1110. The van der Waals surface area contributed by atoms with Crippen molar-refractivity contribution >= 4 is 5.91 Å². The molecule has 1 atom stereocenters. The van der Waals surface area contributed by atoms with Crippen LogP contribution >= 0.6 is 0 Å². The molecule has 4 saturated carbocycles. The number of amides is 1. The smallest absolute Gasteiger partial charge is 0.229 e. The maximum atomic E-state index is 14.5. The van der Waals surface area contributed by atoms with Crippen molar-refractivity contribution in [1.29, 1.82) is 0 Å². The van der Waals surface area contributed by atoms with E-state index in [9.17, 15) is 4.79 Å². The maximum Gasteiger partial charge on any atom is 0.229 e. The number of carbonyl (C=O) groups excluding carboxylic acids is 1. The number of ether oxygens (including phenoxy) is 4. The van der Waals surface area contributed by atoms with E-state index in [1.165, 1.54) is 24.8 Å². The Morgan fingerprint density at radius 2 is 1.44 bits per heavy atom. The summed E-state index contributed by atoms with van der Waals surface area (Å²) < 4.78 is 23.1. The Labute approximate surface area is 213 Å². The van der Waals surface area contributed by atoms with Gasteiger partial charge in [0.15, 0.2) is 23.0 Å². The van der Waals surface area contributed by atoms with Crippen LogP contribution in [0.1, 0.15) is 55.7 Å². The lowest BCUT2D eigenvalue weighted by Gasteiger charge is -2.57. The number of hydrogen-bond acceptors (Lipinski definition) is 5. The van der Waals surface area contributed by atoms with Crippen molar-refractivity contribution in [3.8, 4) is 23.0 Å². The highest BCUT2D eigenvalue weighted by molar-refractivity contribution is 5.84. The summed E-state index contributed by atoms with van der Waals surface area (Å²) in [6.07, 6.45) is 7.97. The third kappa shape index (κ3) is 3.89. The minimum absolute atomic E-state index is 0.189. The lowest BCUT2D eigenvalue weighted by atomic mass is 9.49. The van der Waals surface area contributed by atoms with E-state index >= 15 is 0 Å². The first-order chi connectivity index (χ1) is 17.5. The number of nitrogens with zero attached hydrogens (tertiary/aromatic N) is 1. The number of para-hydroxylation sites is 2. The van der Waals surface area contributed by atoms with Gasteiger partial charge in [-0.05, 0) is 98.1 Å². The van der Waals surface area contributed by atoms with Crippen LogP contribution < -0.4 is 18.9 Å². The Morgan fingerprint density at radius 1 is 0.861 bits per heavy atom. The quantitative estimate of drug-likeness (QED) is 0.517. The number of benzene rings is 2. The Morgan fingerprint density at radius 3 is 2.06 bits per heavy atom. The molecule has 36 heavy (non-hydrogen) atoms. The summed E-state index contributed by atoms with van der Waals surface area (Å²) in [5, 5.41) is 0. The van der Waals surface area contributed by atoms with Gasteiger partial charge in [0, 0.05) is 6.54 Å². The van der Waals surface area contributed by atoms with Gasteiger partial charge < -0.3 is 23.8 Å². The zero-order valence-electron chi connectivity index (χ0n) is 21.6. The molecule has 0 unspecified atom stereocenters. The summed E-state index contributed by atoms with van der Waals surface area (Å²) in [7, 11) is 4.97. The van der Waals surface area contributed by atoms with Crippen molar-refractivity contribution in [2.45, 2.75) is 51.0 Å². The maximum absolute atomic E-state index is 14.5. The summed E-state index contributed by atoms with van der Waals surface area (Å²) in [4.78, 5) is 16.6. The van der Waals surface area contributed by atoms with Crippen molar-refractivity contribution in [3.05, 3.63) is 47.5 Å². The molecule has 2 aromatic carbocycles. The van der Waals surface area contributed by atoms with Gasteiger partial charge in [0.2, 0.25) is 5.91 Å². The molecular formula is C30H37NO5. The minimum Gasteiger partial charge on any atom is -0.493 e. The highest BCUT2D eigenvalue weighted by Gasteiger charge is 2.56. The second-order valence-electron chi connectivity index (χ2n) is 11.3. The van der Waals surface area contributed by atoms with E-state index in [0.29, 0.717) is 36.3 Å². The molecule has 7 rings (SSSR count). The van der Waals surface area contributed by atoms with Crippen molar-refractivity contribution in [1.82, 2.24) is 4.90 Å². The Kier molecular flexibility index (Phi) is 6.01. The van der Waals surface area contributed by atoms with E-state index in [1.54, 1.807) is 21.3 Å². The summed E-state index contributed by atoms with van der Waals surface area (Å²) in [5.41, 5.74) is 2.09. The van der Waals surface area contributed by atoms with E-state index in [0.717, 1.165) is 54.7 Å². The number of methoxy groups -OCH3 is 3. The number of carbonyl (C=O) groups is 1. The molecule has 192 valence electrons. The van der Waals surface area contributed by atoms with Crippen molar-refractivity contribution < 1.29 is 23.7 Å². The van der Waals surface area contributed by atoms with Gasteiger partial charge in [-0.25, -0.2) is 0 Å². The third-order valence-electron chi connectivity index (χ3n) is 9.22. The van der Waals surface area contributed by atoms with E-state index in [4.69, 9.17) is 18.9 Å². The normalized spacial score (nSPS) is 30.0. The molecule has 5 aliphatic rings. The highest BCUT2D eigenvalue weighted by atomic mass is 16.5. The first kappa shape index (κ1) is 23.5. The van der Waals surface area contributed by atoms with E-state index in [1.807, 2.05) is 30.3 Å². The van der Waals surface area contributed by atoms with Gasteiger partial charge in [-0.15, -0.1) is 0 Å². The summed E-state index contributed by atoms with van der Waals surface area (Å²) in [5.74, 6) is 5.31. The predicted molar refractivity (Wildman–Crippen MR) is 137 cm³/mol. The average molecular weight is 492 g/mol. The molecule has 0 N–H and O–H groups in total. The molecule has 2 aromatic rings. The van der Waals surface area contributed by atoms with Gasteiger partial charge in [-0.1, -0.05) is 12.1 Å². The van der Waals surface area contributed by atoms with Crippen molar-refractivity contribution in [2.75, 3.05) is 34.5 Å². The van der Waals surface area contributed by atoms with Crippen LogP contribution in [-0.2, 0) is 11.2 Å². The fourth-order valence-corrected chi connectivity index (χ4v) is 8.03. The summed E-state index contributed by atoms with van der Waals surface area (Å²) in [6.45, 7) is 1.06.